The highest BCUT2D eigenvalue weighted by molar-refractivity contribution is 7.26. The molecular weight excluding hydrogens is 408 g/mol. The van der Waals surface area contributed by atoms with Crippen LogP contribution in [0.25, 0.3) is 53.4 Å². The summed E-state index contributed by atoms with van der Waals surface area (Å²) in [5.74, 6) is 0. The van der Waals surface area contributed by atoms with Gasteiger partial charge in [0.1, 0.15) is 0 Å². The molecule has 3 aromatic carbocycles. The molecule has 0 aliphatic heterocycles. The first kappa shape index (κ1) is 18.8. The molecule has 0 atom stereocenters. The molecule has 6 rings (SSSR count). The van der Waals surface area contributed by atoms with Crippen molar-refractivity contribution >= 4 is 59.0 Å². The van der Waals surface area contributed by atoms with Crippen molar-refractivity contribution < 1.29 is 0 Å². The van der Waals surface area contributed by atoms with E-state index in [1.807, 2.05) is 29.7 Å². The van der Waals surface area contributed by atoms with Gasteiger partial charge in [0, 0.05) is 32.7 Å². The van der Waals surface area contributed by atoms with Gasteiger partial charge in [-0.25, -0.2) is 0 Å². The van der Waals surface area contributed by atoms with E-state index in [9.17, 15) is 0 Å². The molecule has 0 saturated carbocycles. The molecule has 152 valence electrons. The number of pyridine rings is 1. The van der Waals surface area contributed by atoms with Gasteiger partial charge in [0.2, 0.25) is 0 Å². The topological polar surface area (TPSA) is 17.8 Å². The second-order valence-electron chi connectivity index (χ2n) is 7.76. The first-order valence-electron chi connectivity index (χ1n) is 10.6. The molecule has 0 bridgehead atoms. The van der Waals surface area contributed by atoms with Crippen molar-refractivity contribution in [3.05, 3.63) is 116 Å². The highest BCUT2D eigenvalue weighted by Gasteiger charge is 2.18. The molecule has 0 N–H and O–H groups in total. The Morgan fingerprint density at radius 3 is 2.38 bits per heavy atom. The number of hydrogen-bond donors (Lipinski definition) is 0. The Morgan fingerprint density at radius 2 is 1.59 bits per heavy atom. The lowest BCUT2D eigenvalue weighted by Gasteiger charge is -2.10. The Kier molecular flexibility index (Phi) is 4.30. The SMILES string of the molecule is C=C/C=C(\C=C)c1ccc(-n2c3ccccc3c3ncc4c5ccccc5sc4c32)cc1. The van der Waals surface area contributed by atoms with Crippen molar-refractivity contribution in [2.75, 3.05) is 0 Å². The van der Waals surface area contributed by atoms with E-state index in [2.05, 4.69) is 90.5 Å². The summed E-state index contributed by atoms with van der Waals surface area (Å²) in [6.07, 6.45) is 7.67. The van der Waals surface area contributed by atoms with Gasteiger partial charge in [0.25, 0.3) is 0 Å². The zero-order chi connectivity index (χ0) is 21.7. The zero-order valence-corrected chi connectivity index (χ0v) is 18.3. The van der Waals surface area contributed by atoms with Gasteiger partial charge in [-0.05, 0) is 35.4 Å². The highest BCUT2D eigenvalue weighted by atomic mass is 32.1. The van der Waals surface area contributed by atoms with Gasteiger partial charge < -0.3 is 4.57 Å². The van der Waals surface area contributed by atoms with Crippen molar-refractivity contribution in [2.24, 2.45) is 0 Å². The van der Waals surface area contributed by atoms with Crippen LogP contribution in [0, 0.1) is 0 Å². The normalized spacial score (nSPS) is 12.2. The van der Waals surface area contributed by atoms with Crippen LogP contribution in [0.1, 0.15) is 5.56 Å². The minimum atomic E-state index is 1.04. The van der Waals surface area contributed by atoms with Crippen LogP contribution in [0.5, 0.6) is 0 Å². The number of rotatable bonds is 4. The van der Waals surface area contributed by atoms with Gasteiger partial charge in [0.05, 0.1) is 21.3 Å². The van der Waals surface area contributed by atoms with E-state index < -0.39 is 0 Å². The summed E-state index contributed by atoms with van der Waals surface area (Å²) in [7, 11) is 0. The zero-order valence-electron chi connectivity index (χ0n) is 17.5. The van der Waals surface area contributed by atoms with Crippen molar-refractivity contribution in [3.8, 4) is 5.69 Å². The number of fused-ring (bicyclic) bond motifs is 7. The van der Waals surface area contributed by atoms with E-state index in [1.54, 1.807) is 6.08 Å². The van der Waals surface area contributed by atoms with Gasteiger partial charge in [0.15, 0.2) is 0 Å². The molecule has 0 aliphatic rings. The quantitative estimate of drug-likeness (QED) is 0.258. The Hall–Kier alpha value is -3.95. The second kappa shape index (κ2) is 7.33. The van der Waals surface area contributed by atoms with Crippen LogP contribution in [0.4, 0.5) is 0 Å². The molecule has 0 spiro atoms. The molecule has 0 radical (unpaired) electrons. The number of nitrogens with zero attached hydrogens (tertiary/aromatic N) is 2. The van der Waals surface area contributed by atoms with Gasteiger partial charge in [-0.1, -0.05) is 79.9 Å². The fourth-order valence-electron chi connectivity index (χ4n) is 4.54. The minimum Gasteiger partial charge on any atom is -0.306 e. The van der Waals surface area contributed by atoms with Crippen molar-refractivity contribution in [1.82, 2.24) is 9.55 Å². The summed E-state index contributed by atoms with van der Waals surface area (Å²) in [4.78, 5) is 4.94. The molecule has 0 aliphatic carbocycles. The third kappa shape index (κ3) is 2.68. The molecule has 6 aromatic rings. The smallest absolute Gasteiger partial charge is 0.0978 e. The monoisotopic (exact) mass is 428 g/mol. The van der Waals surface area contributed by atoms with Gasteiger partial charge in [-0.15, -0.1) is 11.3 Å². The Labute approximate surface area is 190 Å². The van der Waals surface area contributed by atoms with Crippen molar-refractivity contribution in [1.29, 1.82) is 0 Å². The lowest BCUT2D eigenvalue weighted by molar-refractivity contribution is 1.18. The highest BCUT2D eigenvalue weighted by Crippen LogP contribution is 2.41. The predicted octanol–water partition coefficient (Wildman–Crippen LogP) is 8.30. The second-order valence-corrected chi connectivity index (χ2v) is 8.81. The number of thiophene rings is 1. The van der Waals surface area contributed by atoms with E-state index in [0.717, 1.165) is 22.3 Å². The van der Waals surface area contributed by atoms with Crippen LogP contribution in [0.3, 0.4) is 0 Å². The van der Waals surface area contributed by atoms with Crippen LogP contribution < -0.4 is 0 Å². The molecule has 3 heteroatoms. The maximum absolute atomic E-state index is 4.94. The first-order chi connectivity index (χ1) is 15.8. The number of aromatic nitrogens is 2. The summed E-state index contributed by atoms with van der Waals surface area (Å²) in [5.41, 5.74) is 6.68. The molecule has 2 nitrogen and oxygen atoms in total. The number of allylic oxidation sites excluding steroid dienone is 4. The van der Waals surface area contributed by atoms with Crippen LogP contribution >= 0.6 is 11.3 Å². The van der Waals surface area contributed by atoms with E-state index in [0.29, 0.717) is 0 Å². The van der Waals surface area contributed by atoms with E-state index in [-0.39, 0.29) is 0 Å². The lowest BCUT2D eigenvalue weighted by Crippen LogP contribution is -1.94. The average molecular weight is 429 g/mol. The summed E-state index contributed by atoms with van der Waals surface area (Å²) in [6, 6.07) is 25.7. The summed E-state index contributed by atoms with van der Waals surface area (Å²) in [6.45, 7) is 7.75. The first-order valence-corrected chi connectivity index (χ1v) is 11.4. The van der Waals surface area contributed by atoms with Crippen LogP contribution in [0.2, 0.25) is 0 Å². The third-order valence-electron chi connectivity index (χ3n) is 6.00. The fourth-order valence-corrected chi connectivity index (χ4v) is 5.75. The van der Waals surface area contributed by atoms with E-state index in [4.69, 9.17) is 4.98 Å². The largest absolute Gasteiger partial charge is 0.306 e. The number of para-hydroxylation sites is 1. The Balaban J connectivity index is 1.70. The van der Waals surface area contributed by atoms with Crippen molar-refractivity contribution in [3.63, 3.8) is 0 Å². The molecule has 3 heterocycles. The Bertz CT molecular complexity index is 1690. The Morgan fingerprint density at radius 1 is 0.844 bits per heavy atom. The maximum Gasteiger partial charge on any atom is 0.0978 e. The lowest BCUT2D eigenvalue weighted by atomic mass is 10.1. The summed E-state index contributed by atoms with van der Waals surface area (Å²) >= 11 is 1.84. The number of hydrogen-bond acceptors (Lipinski definition) is 2. The molecule has 32 heavy (non-hydrogen) atoms. The summed E-state index contributed by atoms with van der Waals surface area (Å²) < 4.78 is 4.91. The maximum atomic E-state index is 4.94. The molecule has 0 saturated heterocycles. The minimum absolute atomic E-state index is 1.04. The fraction of sp³-hybridized carbons (Fsp3) is 0. The average Bonchev–Trinajstić information content (AvgIpc) is 3.39. The van der Waals surface area contributed by atoms with Crippen LogP contribution in [-0.2, 0) is 0 Å². The third-order valence-corrected chi connectivity index (χ3v) is 7.19. The van der Waals surface area contributed by atoms with Crippen LogP contribution in [-0.4, -0.2) is 9.55 Å². The number of benzene rings is 3. The van der Waals surface area contributed by atoms with Gasteiger partial charge in [-0.2, -0.15) is 0 Å². The molecule has 0 unspecified atom stereocenters. The molecular formula is C29H20N2S. The standard InChI is InChI=1S/C29H20N2S/c1-3-9-19(4-2)20-14-16-21(17-15-20)31-25-12-7-5-11-23(25)27-28(31)29-24(18-30-27)22-10-6-8-13-26(22)32-29/h3-18H,1-2H2/b19-9+. The summed E-state index contributed by atoms with van der Waals surface area (Å²) in [5, 5.41) is 3.64. The molecule has 0 amide bonds. The van der Waals surface area contributed by atoms with E-state index >= 15 is 0 Å². The van der Waals surface area contributed by atoms with Crippen LogP contribution in [0.15, 0.2) is 110 Å². The van der Waals surface area contributed by atoms with Gasteiger partial charge >= 0.3 is 0 Å². The van der Waals surface area contributed by atoms with Crippen molar-refractivity contribution in [2.45, 2.75) is 0 Å². The molecule has 3 aromatic heterocycles. The van der Waals surface area contributed by atoms with E-state index in [1.165, 1.54) is 36.6 Å². The molecule has 0 fully saturated rings. The predicted molar refractivity (Wildman–Crippen MR) is 140 cm³/mol. The van der Waals surface area contributed by atoms with Gasteiger partial charge in [-0.3, -0.25) is 4.98 Å².